The molecule has 0 aliphatic heterocycles. The Hall–Kier alpha value is -1.26. The summed E-state index contributed by atoms with van der Waals surface area (Å²) in [7, 11) is 1.74. The Morgan fingerprint density at radius 1 is 1.28 bits per heavy atom. The van der Waals surface area contributed by atoms with Crippen LogP contribution in [0.4, 0.5) is 4.79 Å². The number of nitrogens with zero attached hydrogens (tertiary/aromatic N) is 1. The molecule has 0 spiro atoms. The van der Waals surface area contributed by atoms with Crippen LogP contribution in [0.5, 0.6) is 0 Å². The van der Waals surface area contributed by atoms with Crippen molar-refractivity contribution < 1.29 is 14.7 Å². The van der Waals surface area contributed by atoms with Crippen molar-refractivity contribution in [3.05, 3.63) is 0 Å². The molecule has 0 aromatic heterocycles. The minimum atomic E-state index is -0.866. The molecule has 0 rings (SSSR count). The lowest BCUT2D eigenvalue weighted by molar-refractivity contribution is -0.142. The zero-order valence-corrected chi connectivity index (χ0v) is 12.1. The van der Waals surface area contributed by atoms with Crippen molar-refractivity contribution in [2.75, 3.05) is 13.6 Å². The number of urea groups is 1. The minimum Gasteiger partial charge on any atom is -0.481 e. The van der Waals surface area contributed by atoms with Crippen LogP contribution in [-0.4, -0.2) is 41.6 Å². The van der Waals surface area contributed by atoms with Crippen molar-refractivity contribution in [2.45, 2.75) is 46.6 Å². The van der Waals surface area contributed by atoms with Crippen LogP contribution in [0.15, 0.2) is 0 Å². The number of hydrogen-bond donors (Lipinski definition) is 2. The van der Waals surface area contributed by atoms with Crippen molar-refractivity contribution >= 4 is 12.0 Å². The van der Waals surface area contributed by atoms with Gasteiger partial charge in [-0.3, -0.25) is 4.79 Å². The molecule has 0 heterocycles. The van der Waals surface area contributed by atoms with Crippen molar-refractivity contribution in [2.24, 2.45) is 11.8 Å². The number of carboxylic acid groups (broad SMARTS) is 1. The first kappa shape index (κ1) is 16.7. The lowest BCUT2D eigenvalue weighted by Crippen LogP contribution is -2.45. The maximum absolute atomic E-state index is 11.8. The fraction of sp³-hybridized carbons (Fsp3) is 0.846. The lowest BCUT2D eigenvalue weighted by atomic mass is 9.96. The summed E-state index contributed by atoms with van der Waals surface area (Å²) < 4.78 is 0. The second kappa shape index (κ2) is 7.95. The van der Waals surface area contributed by atoms with Gasteiger partial charge >= 0.3 is 12.0 Å². The average molecular weight is 258 g/mol. The molecule has 0 aliphatic carbocycles. The van der Waals surface area contributed by atoms with Crippen molar-refractivity contribution in [3.8, 4) is 0 Å². The lowest BCUT2D eigenvalue weighted by Gasteiger charge is -2.26. The summed E-state index contributed by atoms with van der Waals surface area (Å²) in [6, 6.07) is -0.0415. The van der Waals surface area contributed by atoms with E-state index in [1.807, 2.05) is 20.8 Å². The molecule has 0 bridgehead atoms. The molecule has 18 heavy (non-hydrogen) atoms. The molecule has 0 aliphatic rings. The van der Waals surface area contributed by atoms with E-state index < -0.39 is 11.9 Å². The fourth-order valence-corrected chi connectivity index (χ4v) is 1.74. The highest BCUT2D eigenvalue weighted by atomic mass is 16.4. The topological polar surface area (TPSA) is 69.6 Å². The molecule has 0 aromatic rings. The minimum absolute atomic E-state index is 0.00108. The molecule has 2 N–H and O–H groups in total. The molecule has 0 aromatic carbocycles. The van der Waals surface area contributed by atoms with Gasteiger partial charge in [0.25, 0.3) is 0 Å². The maximum Gasteiger partial charge on any atom is 0.317 e. The number of carbonyl (C=O) groups excluding carboxylic acids is 1. The Bertz CT molecular complexity index is 279. The number of amides is 2. The van der Waals surface area contributed by atoms with Gasteiger partial charge < -0.3 is 15.3 Å². The highest BCUT2D eigenvalue weighted by Crippen LogP contribution is 2.10. The molecule has 0 fully saturated rings. The first-order valence-corrected chi connectivity index (χ1v) is 6.54. The Kier molecular flexibility index (Phi) is 7.39. The molecule has 106 valence electrons. The third-order valence-electron chi connectivity index (χ3n) is 3.28. The van der Waals surface area contributed by atoms with Gasteiger partial charge in [-0.1, -0.05) is 27.2 Å². The zero-order chi connectivity index (χ0) is 14.3. The second-order valence-electron chi connectivity index (χ2n) is 5.12. The maximum atomic E-state index is 11.8. The van der Waals surface area contributed by atoms with Gasteiger partial charge in [-0.2, -0.15) is 0 Å². The normalized spacial score (nSPS) is 14.1. The fourth-order valence-electron chi connectivity index (χ4n) is 1.74. The Balaban J connectivity index is 4.27. The number of aliphatic carboxylic acids is 1. The molecule has 0 saturated heterocycles. The van der Waals surface area contributed by atoms with Gasteiger partial charge in [-0.25, -0.2) is 4.79 Å². The van der Waals surface area contributed by atoms with Gasteiger partial charge in [0.05, 0.1) is 5.92 Å². The summed E-state index contributed by atoms with van der Waals surface area (Å²) in [6.07, 6.45) is 1.96. The third kappa shape index (κ3) is 5.38. The van der Waals surface area contributed by atoms with Crippen LogP contribution in [0, 0.1) is 11.8 Å². The van der Waals surface area contributed by atoms with Crippen LogP contribution in [-0.2, 0) is 4.79 Å². The quantitative estimate of drug-likeness (QED) is 0.735. The largest absolute Gasteiger partial charge is 0.481 e. The van der Waals surface area contributed by atoms with E-state index in [0.717, 1.165) is 12.8 Å². The van der Waals surface area contributed by atoms with Crippen LogP contribution < -0.4 is 5.32 Å². The molecule has 2 atom stereocenters. The Morgan fingerprint density at radius 2 is 1.83 bits per heavy atom. The van der Waals surface area contributed by atoms with E-state index in [0.29, 0.717) is 0 Å². The second-order valence-corrected chi connectivity index (χ2v) is 5.12. The molecular weight excluding hydrogens is 232 g/mol. The van der Waals surface area contributed by atoms with E-state index >= 15 is 0 Å². The SMILES string of the molecule is CCCC(C)N(C)C(=O)NCC(C(=O)O)C(C)C. The van der Waals surface area contributed by atoms with Gasteiger partial charge in [0.1, 0.15) is 0 Å². The van der Waals surface area contributed by atoms with Crippen molar-refractivity contribution in [1.82, 2.24) is 10.2 Å². The Morgan fingerprint density at radius 3 is 2.22 bits per heavy atom. The van der Waals surface area contributed by atoms with E-state index in [1.54, 1.807) is 11.9 Å². The van der Waals surface area contributed by atoms with E-state index in [4.69, 9.17) is 5.11 Å². The smallest absolute Gasteiger partial charge is 0.317 e. The van der Waals surface area contributed by atoms with E-state index in [1.165, 1.54) is 0 Å². The standard InChI is InChI=1S/C13H26N2O3/c1-6-7-10(4)15(5)13(18)14-8-11(9(2)3)12(16)17/h9-11H,6-8H2,1-5H3,(H,14,18)(H,16,17). The highest BCUT2D eigenvalue weighted by molar-refractivity contribution is 5.76. The average Bonchev–Trinajstić information content (AvgIpc) is 2.27. The summed E-state index contributed by atoms with van der Waals surface area (Å²) in [5.74, 6) is -1.40. The van der Waals surface area contributed by atoms with Crippen molar-refractivity contribution in [1.29, 1.82) is 0 Å². The third-order valence-corrected chi connectivity index (χ3v) is 3.28. The summed E-state index contributed by atoms with van der Waals surface area (Å²) in [6.45, 7) is 7.92. The summed E-state index contributed by atoms with van der Waals surface area (Å²) >= 11 is 0. The van der Waals surface area contributed by atoms with Crippen LogP contribution in [0.3, 0.4) is 0 Å². The number of carboxylic acids is 1. The van der Waals surface area contributed by atoms with E-state index in [2.05, 4.69) is 12.2 Å². The van der Waals surface area contributed by atoms with E-state index in [-0.39, 0.29) is 24.5 Å². The first-order chi connectivity index (χ1) is 8.31. The number of hydrogen-bond acceptors (Lipinski definition) is 2. The predicted molar refractivity (Wildman–Crippen MR) is 71.5 cm³/mol. The van der Waals surface area contributed by atoms with Gasteiger partial charge in [0, 0.05) is 19.6 Å². The van der Waals surface area contributed by atoms with E-state index in [9.17, 15) is 9.59 Å². The van der Waals surface area contributed by atoms with Gasteiger partial charge in [0.2, 0.25) is 0 Å². The van der Waals surface area contributed by atoms with Crippen LogP contribution in [0.2, 0.25) is 0 Å². The molecule has 0 radical (unpaired) electrons. The van der Waals surface area contributed by atoms with Crippen LogP contribution >= 0.6 is 0 Å². The summed E-state index contributed by atoms with van der Waals surface area (Å²) in [5, 5.41) is 11.7. The zero-order valence-electron chi connectivity index (χ0n) is 12.1. The number of carbonyl (C=O) groups is 2. The van der Waals surface area contributed by atoms with Gasteiger partial charge in [0.15, 0.2) is 0 Å². The first-order valence-electron chi connectivity index (χ1n) is 6.54. The monoisotopic (exact) mass is 258 g/mol. The molecule has 5 heteroatoms. The number of rotatable bonds is 7. The molecule has 0 saturated carbocycles. The summed E-state index contributed by atoms with van der Waals surface area (Å²) in [4.78, 5) is 24.5. The van der Waals surface area contributed by atoms with Crippen LogP contribution in [0.1, 0.15) is 40.5 Å². The predicted octanol–water partition coefficient (Wildman–Crippen LogP) is 2.17. The number of nitrogens with one attached hydrogen (secondary N) is 1. The van der Waals surface area contributed by atoms with Gasteiger partial charge in [-0.05, 0) is 19.3 Å². The Labute approximate surface area is 110 Å². The van der Waals surface area contributed by atoms with Crippen molar-refractivity contribution in [3.63, 3.8) is 0 Å². The highest BCUT2D eigenvalue weighted by Gasteiger charge is 2.23. The summed E-state index contributed by atoms with van der Waals surface area (Å²) in [5.41, 5.74) is 0. The molecule has 5 nitrogen and oxygen atoms in total. The molecule has 2 amide bonds. The van der Waals surface area contributed by atoms with Crippen LogP contribution in [0.25, 0.3) is 0 Å². The molecular formula is C13H26N2O3. The molecule has 2 unspecified atom stereocenters. The van der Waals surface area contributed by atoms with Gasteiger partial charge in [-0.15, -0.1) is 0 Å².